The number of hydrogen-bond acceptors (Lipinski definition) is 10. The van der Waals surface area contributed by atoms with Crippen molar-refractivity contribution < 1.29 is 97.4 Å². The topological polar surface area (TPSA) is 124 Å². The maximum Gasteiger partial charge on any atom is 1.00 e. The van der Waals surface area contributed by atoms with Gasteiger partial charge in [0.2, 0.25) is 0 Å². The summed E-state index contributed by atoms with van der Waals surface area (Å²) in [7, 11) is -7.75. The standard InChI is InChI=1S/2C13H22NO4P.2Na/c2*1-11-8-9-14(17-18-19(2,15)16)13(10-11)12-6-4-3-5-7-12;;/h2*8,10,12H,3-7,9H2,1-2H3,(H,15,16);;/q;;2*+1/p-2. The molecule has 2 unspecified atom stereocenters. The van der Waals surface area contributed by atoms with Crippen LogP contribution in [0.1, 0.15) is 78.1 Å². The SMILES string of the molecule is CC1=CCN(OOP(C)(=O)[O-])C(C2CCCCC2)=C1.CC1=CCN(OOP(C)(=O)[O-])C(C2CCCCC2)=C1.[Na+].[Na+]. The van der Waals surface area contributed by atoms with Gasteiger partial charge in [0, 0.05) is 36.6 Å². The molecule has 10 nitrogen and oxygen atoms in total. The molecule has 40 heavy (non-hydrogen) atoms. The Morgan fingerprint density at radius 2 is 1.00 bits per heavy atom. The van der Waals surface area contributed by atoms with E-state index in [9.17, 15) is 18.9 Å². The fourth-order valence-electron chi connectivity index (χ4n) is 5.18. The zero-order chi connectivity index (χ0) is 27.8. The molecule has 4 rings (SSSR count). The molecule has 0 radical (unpaired) electrons. The number of allylic oxidation sites excluding steroid dienone is 6. The van der Waals surface area contributed by atoms with Crippen LogP contribution in [0.25, 0.3) is 0 Å². The van der Waals surface area contributed by atoms with Crippen molar-refractivity contribution in [3.63, 3.8) is 0 Å². The van der Waals surface area contributed by atoms with Crippen molar-refractivity contribution in [1.29, 1.82) is 0 Å². The minimum Gasteiger partial charge on any atom is -0.776 e. The molecular formula is C26H42N2Na2O8P2. The predicted octanol–water partition coefficient (Wildman–Crippen LogP) is -0.474. The second-order valence-corrected chi connectivity index (χ2v) is 14.1. The Balaban J connectivity index is 0.000000381. The Morgan fingerprint density at radius 3 is 1.30 bits per heavy atom. The van der Waals surface area contributed by atoms with Gasteiger partial charge in [-0.1, -0.05) is 61.8 Å². The van der Waals surface area contributed by atoms with Crippen LogP contribution in [0.2, 0.25) is 0 Å². The number of hydrogen-bond donors (Lipinski definition) is 0. The second-order valence-electron chi connectivity index (χ2n) is 10.7. The summed E-state index contributed by atoms with van der Waals surface area (Å²) in [5, 5.41) is 3.11. The fourth-order valence-corrected chi connectivity index (χ4v) is 5.58. The average Bonchev–Trinajstić information content (AvgIpc) is 2.87. The summed E-state index contributed by atoms with van der Waals surface area (Å²) in [5.41, 5.74) is 4.44. The molecule has 2 saturated carbocycles. The molecule has 0 N–H and O–H groups in total. The summed E-state index contributed by atoms with van der Waals surface area (Å²) in [6.45, 7) is 7.13. The summed E-state index contributed by atoms with van der Waals surface area (Å²) in [6, 6.07) is 0. The zero-order valence-electron chi connectivity index (χ0n) is 25.0. The maximum atomic E-state index is 11.0. The fraction of sp³-hybridized carbons (Fsp3) is 0.692. The summed E-state index contributed by atoms with van der Waals surface area (Å²) in [4.78, 5) is 32.1. The normalized spacial score (nSPS) is 23.4. The van der Waals surface area contributed by atoms with Gasteiger partial charge in [0.25, 0.3) is 0 Å². The van der Waals surface area contributed by atoms with Gasteiger partial charge in [0.05, 0.1) is 13.1 Å². The number of hydroxylamine groups is 4. The Labute approximate surface area is 283 Å². The van der Waals surface area contributed by atoms with Crippen molar-refractivity contribution in [3.05, 3.63) is 46.8 Å². The van der Waals surface area contributed by atoms with Gasteiger partial charge >= 0.3 is 59.1 Å². The molecule has 0 spiro atoms. The molecule has 0 bridgehead atoms. The average molecular weight is 619 g/mol. The van der Waals surface area contributed by atoms with E-state index in [4.69, 9.17) is 9.98 Å². The van der Waals surface area contributed by atoms with Crippen LogP contribution < -0.4 is 68.9 Å². The Morgan fingerprint density at radius 1 is 0.675 bits per heavy atom. The van der Waals surface area contributed by atoms with Gasteiger partial charge in [-0.05, 0) is 51.7 Å². The van der Waals surface area contributed by atoms with Crippen molar-refractivity contribution in [3.8, 4) is 0 Å². The number of rotatable bonds is 8. The first kappa shape index (κ1) is 38.8. The van der Waals surface area contributed by atoms with Crippen molar-refractivity contribution >= 4 is 15.2 Å². The Bertz CT molecular complexity index is 932. The predicted molar refractivity (Wildman–Crippen MR) is 142 cm³/mol. The summed E-state index contributed by atoms with van der Waals surface area (Å²) < 4.78 is 31.0. The van der Waals surface area contributed by atoms with Crippen LogP contribution in [-0.2, 0) is 28.5 Å². The van der Waals surface area contributed by atoms with Crippen molar-refractivity contribution in [2.24, 2.45) is 11.8 Å². The number of nitrogens with zero attached hydrogens (tertiary/aromatic N) is 2. The molecule has 4 aliphatic rings. The molecule has 0 aromatic rings. The first-order chi connectivity index (χ1) is 17.9. The maximum absolute atomic E-state index is 11.0. The van der Waals surface area contributed by atoms with E-state index in [2.05, 4.69) is 21.5 Å². The molecule has 2 atom stereocenters. The summed E-state index contributed by atoms with van der Waals surface area (Å²) in [6.07, 6.45) is 20.0. The second kappa shape index (κ2) is 18.6. The van der Waals surface area contributed by atoms with Gasteiger partial charge < -0.3 is 18.9 Å². The minimum absolute atomic E-state index is 0. The molecule has 0 saturated heterocycles. The molecule has 2 aliphatic carbocycles. The van der Waals surface area contributed by atoms with Gasteiger partial charge in [-0.2, -0.15) is 9.35 Å². The molecule has 2 fully saturated rings. The minimum atomic E-state index is -3.88. The molecular weight excluding hydrogens is 576 g/mol. The van der Waals surface area contributed by atoms with Crippen LogP contribution in [0.4, 0.5) is 0 Å². The van der Waals surface area contributed by atoms with E-state index in [0.717, 1.165) is 50.4 Å². The first-order valence-corrected chi connectivity index (χ1v) is 17.5. The summed E-state index contributed by atoms with van der Waals surface area (Å²) in [5.74, 6) is 0.868. The van der Waals surface area contributed by atoms with E-state index >= 15 is 0 Å². The van der Waals surface area contributed by atoms with Crippen molar-refractivity contribution in [1.82, 2.24) is 10.1 Å². The third-order valence-electron chi connectivity index (χ3n) is 7.05. The van der Waals surface area contributed by atoms with Crippen molar-refractivity contribution in [2.75, 3.05) is 26.4 Å². The molecule has 2 aliphatic heterocycles. The monoisotopic (exact) mass is 618 g/mol. The van der Waals surface area contributed by atoms with E-state index in [-0.39, 0.29) is 59.1 Å². The molecule has 2 heterocycles. The van der Waals surface area contributed by atoms with Crippen LogP contribution in [0.3, 0.4) is 0 Å². The third-order valence-corrected chi connectivity index (χ3v) is 7.72. The van der Waals surface area contributed by atoms with E-state index in [1.807, 2.05) is 26.0 Å². The van der Waals surface area contributed by atoms with Gasteiger partial charge in [-0.15, -0.1) is 9.98 Å². The van der Waals surface area contributed by atoms with E-state index < -0.39 is 15.2 Å². The van der Waals surface area contributed by atoms with Crippen molar-refractivity contribution in [2.45, 2.75) is 78.1 Å². The van der Waals surface area contributed by atoms with Crippen LogP contribution in [0, 0.1) is 11.8 Å². The third kappa shape index (κ3) is 14.0. The quantitative estimate of drug-likeness (QED) is 0.153. The van der Waals surface area contributed by atoms with Gasteiger partial charge in [0.1, 0.15) is 0 Å². The zero-order valence-corrected chi connectivity index (χ0v) is 30.8. The first-order valence-electron chi connectivity index (χ1n) is 13.5. The smallest absolute Gasteiger partial charge is 0.776 e. The molecule has 216 valence electrons. The summed E-state index contributed by atoms with van der Waals surface area (Å²) >= 11 is 0. The molecule has 0 aromatic carbocycles. The van der Waals surface area contributed by atoms with E-state index in [1.165, 1.54) is 49.7 Å². The van der Waals surface area contributed by atoms with Crippen LogP contribution in [0.15, 0.2) is 46.8 Å². The van der Waals surface area contributed by atoms with E-state index in [1.54, 1.807) is 10.1 Å². The molecule has 14 heteroatoms. The molecule has 0 amide bonds. The van der Waals surface area contributed by atoms with Gasteiger partial charge in [-0.25, -0.2) is 10.1 Å². The van der Waals surface area contributed by atoms with Crippen LogP contribution in [0.5, 0.6) is 0 Å². The van der Waals surface area contributed by atoms with Crippen LogP contribution >= 0.6 is 15.2 Å². The largest absolute Gasteiger partial charge is 1.00 e. The van der Waals surface area contributed by atoms with Crippen LogP contribution in [-0.4, -0.2) is 36.5 Å². The van der Waals surface area contributed by atoms with Gasteiger partial charge in [0.15, 0.2) is 15.2 Å². The molecule has 0 aromatic heterocycles. The Kier molecular flexibility index (Phi) is 18.0. The van der Waals surface area contributed by atoms with Gasteiger partial charge in [-0.3, -0.25) is 0 Å². The Hall–Kier alpha value is 0.780. The van der Waals surface area contributed by atoms with E-state index in [0.29, 0.717) is 24.9 Å².